The van der Waals surface area contributed by atoms with E-state index >= 15 is 0 Å². The minimum atomic E-state index is -0.774. The second kappa shape index (κ2) is 8.79. The Balaban J connectivity index is 2.10. The number of benzene rings is 2. The summed E-state index contributed by atoms with van der Waals surface area (Å²) in [6.07, 6.45) is 1.12. The van der Waals surface area contributed by atoms with Crippen LogP contribution in [-0.4, -0.2) is 43.2 Å². The molecular formula is C20H17N3O7S. The van der Waals surface area contributed by atoms with Crippen LogP contribution < -0.4 is 24.4 Å². The number of nitrogens with zero attached hydrogens (tertiary/aromatic N) is 2. The third-order valence-electron chi connectivity index (χ3n) is 4.46. The van der Waals surface area contributed by atoms with E-state index in [9.17, 15) is 19.7 Å². The average Bonchev–Trinajstić information content (AvgIpc) is 2.76. The van der Waals surface area contributed by atoms with Crippen LogP contribution in [0, 0.1) is 10.1 Å². The van der Waals surface area contributed by atoms with E-state index in [0.717, 1.165) is 17.0 Å². The summed E-state index contributed by atoms with van der Waals surface area (Å²) < 4.78 is 15.4. The molecule has 2 aromatic rings. The summed E-state index contributed by atoms with van der Waals surface area (Å²) in [6, 6.07) is 8.92. The highest BCUT2D eigenvalue weighted by molar-refractivity contribution is 7.80. The van der Waals surface area contributed by atoms with Crippen molar-refractivity contribution in [2.75, 3.05) is 26.2 Å². The molecule has 2 amide bonds. The zero-order valence-corrected chi connectivity index (χ0v) is 17.5. The number of hydrogen-bond donors (Lipinski definition) is 1. The Hall–Kier alpha value is -3.99. The molecule has 1 aliphatic rings. The molecule has 0 radical (unpaired) electrons. The fraction of sp³-hybridized carbons (Fsp3) is 0.150. The van der Waals surface area contributed by atoms with Gasteiger partial charge in [-0.25, -0.2) is 0 Å². The van der Waals surface area contributed by atoms with Crippen molar-refractivity contribution in [2.45, 2.75) is 0 Å². The topological polar surface area (TPSA) is 120 Å². The van der Waals surface area contributed by atoms with Gasteiger partial charge in [0.15, 0.2) is 16.6 Å². The van der Waals surface area contributed by atoms with Gasteiger partial charge in [-0.05, 0) is 48.6 Å². The highest BCUT2D eigenvalue weighted by Crippen LogP contribution is 2.36. The van der Waals surface area contributed by atoms with Crippen LogP contribution in [-0.2, 0) is 9.59 Å². The van der Waals surface area contributed by atoms with Crippen LogP contribution in [0.4, 0.5) is 11.4 Å². The number of anilines is 1. The summed E-state index contributed by atoms with van der Waals surface area (Å²) in [5.74, 6) is -0.602. The molecule has 11 heteroatoms. The van der Waals surface area contributed by atoms with E-state index in [0.29, 0.717) is 11.4 Å². The molecule has 10 nitrogen and oxygen atoms in total. The largest absolute Gasteiger partial charge is 0.497 e. The van der Waals surface area contributed by atoms with Gasteiger partial charge in [0.05, 0.1) is 43.6 Å². The Morgan fingerprint density at radius 2 is 1.65 bits per heavy atom. The monoisotopic (exact) mass is 443 g/mol. The smallest absolute Gasteiger partial charge is 0.280 e. The first-order valence-electron chi connectivity index (χ1n) is 8.76. The van der Waals surface area contributed by atoms with E-state index in [-0.39, 0.29) is 33.4 Å². The third kappa shape index (κ3) is 4.16. The number of carbonyl (C=O) groups is 2. The molecule has 0 spiro atoms. The Morgan fingerprint density at radius 3 is 2.19 bits per heavy atom. The molecule has 0 atom stereocenters. The van der Waals surface area contributed by atoms with Gasteiger partial charge in [-0.3, -0.25) is 29.9 Å². The van der Waals surface area contributed by atoms with Gasteiger partial charge in [0.25, 0.3) is 17.5 Å². The lowest BCUT2D eigenvalue weighted by Crippen LogP contribution is -2.54. The summed E-state index contributed by atoms with van der Waals surface area (Å²) >= 11 is 5.15. The standard InChI is InChI=1S/C20H17N3O7S/c1-28-13-6-4-12(5-7-13)22-19(25)14(18(24)21-20(22)31)8-11-9-16(29-2)17(30-3)10-15(11)23(26)27/h4-10H,1-3H3,(H,21,24,31). The fourth-order valence-corrected chi connectivity index (χ4v) is 3.22. The van der Waals surface area contributed by atoms with E-state index in [2.05, 4.69) is 5.32 Å². The molecule has 1 N–H and O–H groups in total. The SMILES string of the molecule is COc1ccc(N2C(=O)C(=Cc3cc(OC)c(OC)cc3[N+](=O)[O-])C(=O)NC2=S)cc1. The molecule has 1 fully saturated rings. The predicted octanol–water partition coefficient (Wildman–Crippen LogP) is 2.45. The van der Waals surface area contributed by atoms with Crippen LogP contribution in [0.2, 0.25) is 0 Å². The molecule has 0 saturated carbocycles. The first kappa shape index (κ1) is 21.7. The predicted molar refractivity (Wildman–Crippen MR) is 115 cm³/mol. The number of amides is 2. The molecule has 3 rings (SSSR count). The quantitative estimate of drug-likeness (QED) is 0.238. The van der Waals surface area contributed by atoms with Gasteiger partial charge in [-0.1, -0.05) is 0 Å². The zero-order valence-electron chi connectivity index (χ0n) is 16.7. The summed E-state index contributed by atoms with van der Waals surface area (Å²) in [5.41, 5.74) is -0.318. The number of nitro groups is 1. The lowest BCUT2D eigenvalue weighted by atomic mass is 10.0. The average molecular weight is 443 g/mol. The second-order valence-electron chi connectivity index (χ2n) is 6.18. The normalized spacial score (nSPS) is 15.0. The minimum absolute atomic E-state index is 0.0105. The molecule has 1 saturated heterocycles. The van der Waals surface area contributed by atoms with E-state index < -0.39 is 16.7 Å². The van der Waals surface area contributed by atoms with Crippen LogP contribution in [0.25, 0.3) is 6.08 Å². The van der Waals surface area contributed by atoms with Gasteiger partial charge in [-0.15, -0.1) is 0 Å². The number of ether oxygens (including phenoxy) is 3. The molecule has 1 heterocycles. The van der Waals surface area contributed by atoms with Crippen molar-refractivity contribution >= 4 is 46.6 Å². The van der Waals surface area contributed by atoms with E-state index in [1.54, 1.807) is 24.3 Å². The van der Waals surface area contributed by atoms with Gasteiger partial charge < -0.3 is 14.2 Å². The van der Waals surface area contributed by atoms with E-state index in [1.807, 2.05) is 0 Å². The molecule has 160 valence electrons. The highest BCUT2D eigenvalue weighted by Gasteiger charge is 2.35. The molecular weight excluding hydrogens is 426 g/mol. The molecule has 0 aliphatic carbocycles. The maximum atomic E-state index is 13.1. The van der Waals surface area contributed by atoms with Gasteiger partial charge >= 0.3 is 0 Å². The Kier molecular flexibility index (Phi) is 6.16. The summed E-state index contributed by atoms with van der Waals surface area (Å²) in [4.78, 5) is 37.6. The summed E-state index contributed by atoms with van der Waals surface area (Å²) in [5, 5.41) is 13.9. The van der Waals surface area contributed by atoms with E-state index in [1.165, 1.54) is 27.4 Å². The number of hydrogen-bond acceptors (Lipinski definition) is 8. The van der Waals surface area contributed by atoms with Gasteiger partial charge in [-0.2, -0.15) is 0 Å². The molecule has 0 unspecified atom stereocenters. The molecule has 31 heavy (non-hydrogen) atoms. The Morgan fingerprint density at radius 1 is 1.03 bits per heavy atom. The van der Waals surface area contributed by atoms with Crippen molar-refractivity contribution in [3.05, 3.63) is 57.6 Å². The van der Waals surface area contributed by atoms with Gasteiger partial charge in [0.1, 0.15) is 11.3 Å². The van der Waals surface area contributed by atoms with Gasteiger partial charge in [0, 0.05) is 0 Å². The molecule has 0 aromatic heterocycles. The van der Waals surface area contributed by atoms with Crippen LogP contribution in [0.1, 0.15) is 5.56 Å². The van der Waals surface area contributed by atoms with Crippen molar-refractivity contribution in [1.29, 1.82) is 0 Å². The lowest BCUT2D eigenvalue weighted by molar-refractivity contribution is -0.385. The van der Waals surface area contributed by atoms with Crippen LogP contribution in [0.3, 0.4) is 0 Å². The Labute approximate surface area is 182 Å². The lowest BCUT2D eigenvalue weighted by Gasteiger charge is -2.29. The van der Waals surface area contributed by atoms with Crippen molar-refractivity contribution in [3.63, 3.8) is 0 Å². The van der Waals surface area contributed by atoms with Crippen LogP contribution in [0.5, 0.6) is 17.2 Å². The number of thiocarbonyl (C=S) groups is 1. The number of carbonyl (C=O) groups excluding carboxylic acids is 2. The summed E-state index contributed by atoms with van der Waals surface area (Å²) in [6.45, 7) is 0. The van der Waals surface area contributed by atoms with Crippen molar-refractivity contribution in [2.24, 2.45) is 0 Å². The highest BCUT2D eigenvalue weighted by atomic mass is 32.1. The van der Waals surface area contributed by atoms with Crippen molar-refractivity contribution in [3.8, 4) is 17.2 Å². The number of nitro benzene ring substituents is 1. The Bertz CT molecular complexity index is 1110. The maximum Gasteiger partial charge on any atom is 0.280 e. The molecule has 1 aliphatic heterocycles. The second-order valence-corrected chi connectivity index (χ2v) is 6.57. The first-order chi connectivity index (χ1) is 14.8. The minimum Gasteiger partial charge on any atom is -0.497 e. The number of rotatable bonds is 6. The van der Waals surface area contributed by atoms with Gasteiger partial charge in [0.2, 0.25) is 0 Å². The maximum absolute atomic E-state index is 13.1. The zero-order chi connectivity index (χ0) is 22.7. The fourth-order valence-electron chi connectivity index (χ4n) is 2.94. The molecule has 2 aromatic carbocycles. The van der Waals surface area contributed by atoms with Crippen LogP contribution in [0.15, 0.2) is 42.0 Å². The number of nitrogens with one attached hydrogen (secondary N) is 1. The van der Waals surface area contributed by atoms with Crippen LogP contribution >= 0.6 is 12.2 Å². The van der Waals surface area contributed by atoms with Crippen molar-refractivity contribution < 1.29 is 28.7 Å². The summed E-state index contributed by atoms with van der Waals surface area (Å²) in [7, 11) is 4.21. The van der Waals surface area contributed by atoms with E-state index in [4.69, 9.17) is 26.4 Å². The third-order valence-corrected chi connectivity index (χ3v) is 4.75. The first-order valence-corrected chi connectivity index (χ1v) is 9.17. The number of methoxy groups -OCH3 is 3. The molecule has 0 bridgehead atoms. The van der Waals surface area contributed by atoms with Crippen molar-refractivity contribution in [1.82, 2.24) is 5.32 Å².